The van der Waals surface area contributed by atoms with Gasteiger partial charge in [-0.1, -0.05) is 24.3 Å². The number of carbonyl (C=O) groups is 2. The van der Waals surface area contributed by atoms with E-state index in [2.05, 4.69) is 22.4 Å². The highest BCUT2D eigenvalue weighted by Crippen LogP contribution is 2.39. The van der Waals surface area contributed by atoms with Gasteiger partial charge in [0.1, 0.15) is 0 Å². The lowest BCUT2D eigenvalue weighted by molar-refractivity contribution is -0.142. The van der Waals surface area contributed by atoms with Gasteiger partial charge in [-0.2, -0.15) is 0 Å². The monoisotopic (exact) mass is 391 g/mol. The highest BCUT2D eigenvalue weighted by Gasteiger charge is 2.45. The number of rotatable bonds is 6. The summed E-state index contributed by atoms with van der Waals surface area (Å²) >= 11 is 0. The number of benzene rings is 1. The van der Waals surface area contributed by atoms with Crippen molar-refractivity contribution in [1.82, 2.24) is 15.2 Å². The number of aromatic nitrogens is 1. The summed E-state index contributed by atoms with van der Waals surface area (Å²) in [6.45, 7) is 3.83. The minimum Gasteiger partial charge on any atom is -0.356 e. The summed E-state index contributed by atoms with van der Waals surface area (Å²) < 4.78 is 0. The second kappa shape index (κ2) is 8.36. The molecule has 1 N–H and O–H groups in total. The lowest BCUT2D eigenvalue weighted by Gasteiger charge is -2.42. The first-order chi connectivity index (χ1) is 14.1. The molecular formula is C24H29N3O2. The van der Waals surface area contributed by atoms with Gasteiger partial charge in [-0.05, 0) is 67.9 Å². The molecule has 1 saturated heterocycles. The fourth-order valence-corrected chi connectivity index (χ4v) is 4.52. The van der Waals surface area contributed by atoms with E-state index in [-0.39, 0.29) is 17.7 Å². The number of hydrogen-bond acceptors (Lipinski definition) is 3. The molecule has 2 amide bonds. The summed E-state index contributed by atoms with van der Waals surface area (Å²) in [7, 11) is 0. The molecule has 152 valence electrons. The highest BCUT2D eigenvalue weighted by atomic mass is 16.2. The van der Waals surface area contributed by atoms with E-state index in [1.807, 2.05) is 36.1 Å². The molecule has 0 unspecified atom stereocenters. The predicted molar refractivity (Wildman–Crippen MR) is 113 cm³/mol. The fourth-order valence-electron chi connectivity index (χ4n) is 4.52. The first kappa shape index (κ1) is 19.6. The number of piperidine rings is 1. The van der Waals surface area contributed by atoms with Gasteiger partial charge in [-0.3, -0.25) is 14.6 Å². The van der Waals surface area contributed by atoms with Crippen molar-refractivity contribution in [1.29, 1.82) is 0 Å². The van der Waals surface area contributed by atoms with Crippen molar-refractivity contribution in [2.45, 2.75) is 39.0 Å². The van der Waals surface area contributed by atoms with Gasteiger partial charge in [0, 0.05) is 37.9 Å². The topological polar surface area (TPSA) is 62.3 Å². The van der Waals surface area contributed by atoms with E-state index in [1.54, 1.807) is 12.4 Å². The van der Waals surface area contributed by atoms with E-state index in [9.17, 15) is 9.59 Å². The van der Waals surface area contributed by atoms with E-state index in [1.165, 1.54) is 0 Å². The van der Waals surface area contributed by atoms with Crippen molar-refractivity contribution in [2.75, 3.05) is 19.6 Å². The molecule has 5 heteroatoms. The Labute approximate surface area is 172 Å². The smallest absolute Gasteiger partial charge is 0.228 e. The normalized spacial score (nSPS) is 21.6. The molecule has 0 radical (unpaired) electrons. The molecular weight excluding hydrogens is 362 g/mol. The van der Waals surface area contributed by atoms with Crippen LogP contribution in [-0.4, -0.2) is 41.3 Å². The quantitative estimate of drug-likeness (QED) is 0.820. The molecule has 1 aromatic heterocycles. The summed E-state index contributed by atoms with van der Waals surface area (Å²) in [6.07, 6.45) is 7.88. The SMILES string of the molecule is CCNC(=O)[C@@]1(Cc2ccccc2-c2ccncc2)CCCN(C(=O)C2CC2)C1. The molecule has 2 aliphatic rings. The zero-order valence-corrected chi connectivity index (χ0v) is 17.1. The van der Waals surface area contributed by atoms with Gasteiger partial charge in [0.15, 0.2) is 0 Å². The zero-order valence-electron chi connectivity index (χ0n) is 17.1. The Kier molecular flexibility index (Phi) is 5.65. The number of amides is 2. The largest absolute Gasteiger partial charge is 0.356 e. The minimum atomic E-state index is -0.581. The van der Waals surface area contributed by atoms with E-state index in [0.29, 0.717) is 19.5 Å². The number of carbonyl (C=O) groups excluding carboxylic acids is 2. The second-order valence-corrected chi connectivity index (χ2v) is 8.35. The van der Waals surface area contributed by atoms with E-state index < -0.39 is 5.41 Å². The lowest BCUT2D eigenvalue weighted by atomic mass is 9.73. The minimum absolute atomic E-state index is 0.0674. The van der Waals surface area contributed by atoms with Crippen LogP contribution in [-0.2, 0) is 16.0 Å². The Balaban J connectivity index is 1.67. The molecule has 1 saturated carbocycles. The van der Waals surface area contributed by atoms with Crippen LogP contribution in [0.5, 0.6) is 0 Å². The Hall–Kier alpha value is -2.69. The molecule has 2 heterocycles. The molecule has 1 aromatic carbocycles. The maximum absolute atomic E-state index is 13.3. The Morgan fingerprint density at radius 1 is 1.17 bits per heavy atom. The third kappa shape index (κ3) is 4.19. The van der Waals surface area contributed by atoms with E-state index in [0.717, 1.165) is 48.9 Å². The third-order valence-electron chi connectivity index (χ3n) is 6.17. The average molecular weight is 392 g/mol. The molecule has 5 nitrogen and oxygen atoms in total. The summed E-state index contributed by atoms with van der Waals surface area (Å²) in [5, 5.41) is 3.05. The van der Waals surface area contributed by atoms with E-state index in [4.69, 9.17) is 0 Å². The average Bonchev–Trinajstić information content (AvgIpc) is 3.60. The zero-order chi connectivity index (χ0) is 20.3. The summed E-state index contributed by atoms with van der Waals surface area (Å²) in [5.41, 5.74) is 2.79. The Morgan fingerprint density at radius 2 is 1.93 bits per heavy atom. The van der Waals surface area contributed by atoms with Crippen molar-refractivity contribution in [3.05, 3.63) is 54.4 Å². The third-order valence-corrected chi connectivity index (χ3v) is 6.17. The predicted octanol–water partition coefficient (Wildman–Crippen LogP) is 3.45. The van der Waals surface area contributed by atoms with E-state index >= 15 is 0 Å². The number of likely N-dealkylation sites (tertiary alicyclic amines) is 1. The first-order valence-corrected chi connectivity index (χ1v) is 10.7. The van der Waals surface area contributed by atoms with Gasteiger partial charge in [-0.15, -0.1) is 0 Å². The van der Waals surface area contributed by atoms with Crippen LogP contribution in [0.1, 0.15) is 38.2 Å². The van der Waals surface area contributed by atoms with Crippen LogP contribution in [0.2, 0.25) is 0 Å². The number of pyridine rings is 1. The summed E-state index contributed by atoms with van der Waals surface area (Å²) in [5.74, 6) is 0.489. The van der Waals surface area contributed by atoms with Crippen molar-refractivity contribution < 1.29 is 9.59 Å². The highest BCUT2D eigenvalue weighted by molar-refractivity contribution is 5.86. The van der Waals surface area contributed by atoms with Crippen molar-refractivity contribution >= 4 is 11.8 Å². The van der Waals surface area contributed by atoms with Crippen LogP contribution in [0, 0.1) is 11.3 Å². The van der Waals surface area contributed by atoms with Crippen LogP contribution in [0.15, 0.2) is 48.8 Å². The van der Waals surface area contributed by atoms with Crippen molar-refractivity contribution in [3.63, 3.8) is 0 Å². The van der Waals surface area contributed by atoms with Crippen LogP contribution < -0.4 is 5.32 Å². The van der Waals surface area contributed by atoms with Gasteiger partial charge in [0.05, 0.1) is 5.41 Å². The van der Waals surface area contributed by atoms with Crippen molar-refractivity contribution in [3.8, 4) is 11.1 Å². The van der Waals surface area contributed by atoms with Crippen molar-refractivity contribution in [2.24, 2.45) is 11.3 Å². The molecule has 1 aliphatic heterocycles. The molecule has 2 aromatic rings. The van der Waals surface area contributed by atoms with Gasteiger partial charge < -0.3 is 10.2 Å². The first-order valence-electron chi connectivity index (χ1n) is 10.7. The number of nitrogens with one attached hydrogen (secondary N) is 1. The van der Waals surface area contributed by atoms with Crippen LogP contribution in [0.4, 0.5) is 0 Å². The molecule has 2 fully saturated rings. The fraction of sp³-hybridized carbons (Fsp3) is 0.458. The molecule has 0 bridgehead atoms. The summed E-state index contributed by atoms with van der Waals surface area (Å²) in [4.78, 5) is 32.1. The maximum atomic E-state index is 13.3. The van der Waals surface area contributed by atoms with Gasteiger partial charge >= 0.3 is 0 Å². The lowest BCUT2D eigenvalue weighted by Crippen LogP contribution is -2.54. The summed E-state index contributed by atoms with van der Waals surface area (Å²) in [6, 6.07) is 12.3. The standard InChI is InChI=1S/C24H29N3O2/c1-2-26-23(29)24(12-5-15-27(17-24)22(28)19-8-9-19)16-20-6-3-4-7-21(20)18-10-13-25-14-11-18/h3-4,6-7,10-11,13-14,19H,2,5,8-9,12,15-17H2,1H3,(H,26,29)/t24-/m1/s1. The van der Waals surface area contributed by atoms with Gasteiger partial charge in [-0.25, -0.2) is 0 Å². The molecule has 0 spiro atoms. The Morgan fingerprint density at radius 3 is 2.66 bits per heavy atom. The van der Waals surface area contributed by atoms with Crippen LogP contribution >= 0.6 is 0 Å². The van der Waals surface area contributed by atoms with Crippen LogP contribution in [0.3, 0.4) is 0 Å². The number of nitrogens with zero attached hydrogens (tertiary/aromatic N) is 2. The maximum Gasteiger partial charge on any atom is 0.228 e. The number of hydrogen-bond donors (Lipinski definition) is 1. The molecule has 1 aliphatic carbocycles. The molecule has 29 heavy (non-hydrogen) atoms. The van der Waals surface area contributed by atoms with Gasteiger partial charge in [0.2, 0.25) is 11.8 Å². The molecule has 4 rings (SSSR count). The van der Waals surface area contributed by atoms with Crippen LogP contribution in [0.25, 0.3) is 11.1 Å². The Bertz CT molecular complexity index is 879. The second-order valence-electron chi connectivity index (χ2n) is 8.35. The molecule has 1 atom stereocenters. The van der Waals surface area contributed by atoms with Gasteiger partial charge in [0.25, 0.3) is 0 Å².